The molecule has 1 aliphatic rings. The summed E-state index contributed by atoms with van der Waals surface area (Å²) < 4.78 is 5.15. The number of piperidine rings is 1. The van der Waals surface area contributed by atoms with E-state index in [9.17, 15) is 4.79 Å². The molecule has 1 aromatic heterocycles. The minimum Gasteiger partial charge on any atom is -0.497 e. The molecule has 1 amide bonds. The largest absolute Gasteiger partial charge is 0.497 e. The summed E-state index contributed by atoms with van der Waals surface area (Å²) in [5.41, 5.74) is 2.10. The van der Waals surface area contributed by atoms with Gasteiger partial charge in [-0.3, -0.25) is 4.79 Å². The molecule has 132 valence electrons. The fourth-order valence-electron chi connectivity index (χ4n) is 3.15. The maximum Gasteiger partial charge on any atom is 0.223 e. The molecule has 25 heavy (non-hydrogen) atoms. The van der Waals surface area contributed by atoms with E-state index in [4.69, 9.17) is 4.74 Å². The number of nitrogens with one attached hydrogen (secondary N) is 1. The summed E-state index contributed by atoms with van der Waals surface area (Å²) in [6.45, 7) is 4.31. The average Bonchev–Trinajstić information content (AvgIpc) is 2.66. The monoisotopic (exact) mass is 339 g/mol. The topological polar surface area (TPSA) is 54.5 Å². The van der Waals surface area contributed by atoms with Gasteiger partial charge in [0.15, 0.2) is 0 Å². The maximum absolute atomic E-state index is 12.4. The number of amides is 1. The predicted octanol–water partition coefficient (Wildman–Crippen LogP) is 2.93. The van der Waals surface area contributed by atoms with E-state index in [0.29, 0.717) is 6.54 Å². The lowest BCUT2D eigenvalue weighted by atomic mass is 9.96. The summed E-state index contributed by atoms with van der Waals surface area (Å²) in [5, 5.41) is 3.06. The minimum atomic E-state index is 0.0827. The van der Waals surface area contributed by atoms with Crippen LogP contribution in [0.5, 0.6) is 5.75 Å². The molecule has 0 radical (unpaired) electrons. The van der Waals surface area contributed by atoms with E-state index in [0.717, 1.165) is 48.8 Å². The van der Waals surface area contributed by atoms with Crippen molar-refractivity contribution < 1.29 is 9.53 Å². The Morgan fingerprint density at radius 3 is 2.56 bits per heavy atom. The maximum atomic E-state index is 12.4. The van der Waals surface area contributed by atoms with Crippen LogP contribution in [0, 0.1) is 12.8 Å². The minimum absolute atomic E-state index is 0.0827. The normalized spacial score (nSPS) is 15.0. The van der Waals surface area contributed by atoms with E-state index in [1.54, 1.807) is 7.11 Å². The van der Waals surface area contributed by atoms with Gasteiger partial charge in [0.25, 0.3) is 0 Å². The number of carbonyl (C=O) groups excluding carboxylic acids is 1. The zero-order chi connectivity index (χ0) is 17.6. The van der Waals surface area contributed by atoms with Gasteiger partial charge in [0.05, 0.1) is 7.11 Å². The summed E-state index contributed by atoms with van der Waals surface area (Å²) in [4.78, 5) is 19.3. The van der Waals surface area contributed by atoms with Crippen LogP contribution in [0.15, 0.2) is 42.5 Å². The van der Waals surface area contributed by atoms with Gasteiger partial charge in [-0.2, -0.15) is 0 Å². The highest BCUT2D eigenvalue weighted by Gasteiger charge is 2.25. The third-order valence-electron chi connectivity index (χ3n) is 4.69. The van der Waals surface area contributed by atoms with Crippen molar-refractivity contribution in [2.45, 2.75) is 26.3 Å². The number of aromatic nitrogens is 1. The first kappa shape index (κ1) is 17.3. The van der Waals surface area contributed by atoms with Gasteiger partial charge in [-0.1, -0.05) is 18.2 Å². The van der Waals surface area contributed by atoms with Crippen molar-refractivity contribution in [3.63, 3.8) is 0 Å². The smallest absolute Gasteiger partial charge is 0.223 e. The van der Waals surface area contributed by atoms with Gasteiger partial charge in [0.1, 0.15) is 11.6 Å². The van der Waals surface area contributed by atoms with Gasteiger partial charge in [0.2, 0.25) is 5.91 Å². The zero-order valence-electron chi connectivity index (χ0n) is 14.9. The molecule has 1 aliphatic heterocycles. The Labute approximate surface area is 149 Å². The second kappa shape index (κ2) is 8.01. The molecule has 1 N–H and O–H groups in total. The first-order valence-electron chi connectivity index (χ1n) is 8.75. The quantitative estimate of drug-likeness (QED) is 0.910. The number of hydrogen-bond acceptors (Lipinski definition) is 4. The van der Waals surface area contributed by atoms with Crippen LogP contribution in [-0.2, 0) is 11.3 Å². The van der Waals surface area contributed by atoms with Gasteiger partial charge in [-0.15, -0.1) is 0 Å². The van der Waals surface area contributed by atoms with Crippen LogP contribution in [0.4, 0.5) is 5.82 Å². The van der Waals surface area contributed by atoms with Crippen molar-refractivity contribution in [3.8, 4) is 5.75 Å². The van der Waals surface area contributed by atoms with Crippen molar-refractivity contribution in [3.05, 3.63) is 53.7 Å². The molecule has 0 spiro atoms. The summed E-state index contributed by atoms with van der Waals surface area (Å²) in [7, 11) is 1.65. The lowest BCUT2D eigenvalue weighted by Gasteiger charge is -2.32. The Morgan fingerprint density at radius 1 is 1.20 bits per heavy atom. The molecule has 1 fully saturated rings. The number of methoxy groups -OCH3 is 1. The molecule has 5 heteroatoms. The molecule has 1 saturated heterocycles. The lowest BCUT2D eigenvalue weighted by Crippen LogP contribution is -2.40. The third kappa shape index (κ3) is 4.50. The highest BCUT2D eigenvalue weighted by Crippen LogP contribution is 2.22. The van der Waals surface area contributed by atoms with E-state index in [1.165, 1.54) is 0 Å². The molecular weight excluding hydrogens is 314 g/mol. The molecule has 0 bridgehead atoms. The Kier molecular flexibility index (Phi) is 5.53. The molecule has 5 nitrogen and oxygen atoms in total. The second-order valence-electron chi connectivity index (χ2n) is 6.46. The Balaban J connectivity index is 1.48. The fourth-order valence-corrected chi connectivity index (χ4v) is 3.15. The molecule has 0 unspecified atom stereocenters. The Morgan fingerprint density at radius 2 is 1.92 bits per heavy atom. The van der Waals surface area contributed by atoms with Crippen molar-refractivity contribution in [2.24, 2.45) is 5.92 Å². The van der Waals surface area contributed by atoms with Crippen molar-refractivity contribution >= 4 is 11.7 Å². The number of aryl methyl sites for hydroxylation is 1. The summed E-state index contributed by atoms with van der Waals surface area (Å²) >= 11 is 0. The Hall–Kier alpha value is -2.56. The molecule has 3 rings (SSSR count). The summed E-state index contributed by atoms with van der Waals surface area (Å²) in [5.74, 6) is 2.07. The van der Waals surface area contributed by atoms with Crippen molar-refractivity contribution in [2.75, 3.05) is 25.1 Å². The SMILES string of the molecule is COc1ccc(CNC(=O)C2CCN(c3cccc(C)n3)CC2)cc1. The number of benzene rings is 1. The lowest BCUT2D eigenvalue weighted by molar-refractivity contribution is -0.125. The average molecular weight is 339 g/mol. The van der Waals surface area contributed by atoms with Crippen LogP contribution in [0.2, 0.25) is 0 Å². The molecular formula is C20H25N3O2. The number of rotatable bonds is 5. The van der Waals surface area contributed by atoms with Crippen molar-refractivity contribution in [1.82, 2.24) is 10.3 Å². The number of pyridine rings is 1. The number of hydrogen-bond donors (Lipinski definition) is 1. The molecule has 2 aromatic rings. The molecule has 2 heterocycles. The fraction of sp³-hybridized carbons (Fsp3) is 0.400. The van der Waals surface area contributed by atoms with E-state index in [1.807, 2.05) is 49.4 Å². The number of anilines is 1. The molecule has 0 saturated carbocycles. The van der Waals surface area contributed by atoms with E-state index in [-0.39, 0.29) is 11.8 Å². The number of carbonyl (C=O) groups is 1. The van der Waals surface area contributed by atoms with Crippen LogP contribution in [-0.4, -0.2) is 31.1 Å². The van der Waals surface area contributed by atoms with Crippen LogP contribution in [0.1, 0.15) is 24.1 Å². The van der Waals surface area contributed by atoms with E-state index >= 15 is 0 Å². The van der Waals surface area contributed by atoms with Crippen LogP contribution >= 0.6 is 0 Å². The highest BCUT2D eigenvalue weighted by molar-refractivity contribution is 5.79. The zero-order valence-corrected chi connectivity index (χ0v) is 14.9. The summed E-state index contributed by atoms with van der Waals surface area (Å²) in [6, 6.07) is 13.9. The molecule has 1 aromatic carbocycles. The number of nitrogens with zero attached hydrogens (tertiary/aromatic N) is 2. The first-order valence-corrected chi connectivity index (χ1v) is 8.75. The van der Waals surface area contributed by atoms with Crippen molar-refractivity contribution in [1.29, 1.82) is 0 Å². The predicted molar refractivity (Wildman–Crippen MR) is 98.8 cm³/mol. The third-order valence-corrected chi connectivity index (χ3v) is 4.69. The Bertz CT molecular complexity index is 707. The van der Waals surface area contributed by atoms with E-state index in [2.05, 4.69) is 15.2 Å². The van der Waals surface area contributed by atoms with Gasteiger partial charge in [0, 0.05) is 31.2 Å². The standard InChI is InChI=1S/C20H25N3O2/c1-15-4-3-5-19(22-15)23-12-10-17(11-13-23)20(24)21-14-16-6-8-18(25-2)9-7-16/h3-9,17H,10-14H2,1-2H3,(H,21,24). The van der Waals surface area contributed by atoms with Gasteiger partial charge in [-0.05, 0) is 49.6 Å². The van der Waals surface area contributed by atoms with Gasteiger partial charge in [-0.25, -0.2) is 4.98 Å². The second-order valence-corrected chi connectivity index (χ2v) is 6.46. The number of ether oxygens (including phenoxy) is 1. The van der Waals surface area contributed by atoms with Crippen LogP contribution in [0.25, 0.3) is 0 Å². The van der Waals surface area contributed by atoms with Gasteiger partial charge >= 0.3 is 0 Å². The van der Waals surface area contributed by atoms with Crippen LogP contribution in [0.3, 0.4) is 0 Å². The van der Waals surface area contributed by atoms with Gasteiger partial charge < -0.3 is 15.0 Å². The molecule has 0 aliphatic carbocycles. The van der Waals surface area contributed by atoms with E-state index < -0.39 is 0 Å². The summed E-state index contributed by atoms with van der Waals surface area (Å²) in [6.07, 6.45) is 1.73. The first-order chi connectivity index (χ1) is 12.2. The molecule has 0 atom stereocenters. The van der Waals surface area contributed by atoms with Crippen LogP contribution < -0.4 is 15.0 Å². The highest BCUT2D eigenvalue weighted by atomic mass is 16.5.